The van der Waals surface area contributed by atoms with Gasteiger partial charge in [0, 0.05) is 29.3 Å². The van der Waals surface area contributed by atoms with Gasteiger partial charge in [-0.15, -0.1) is 5.10 Å². The lowest BCUT2D eigenvalue weighted by Crippen LogP contribution is -2.40. The van der Waals surface area contributed by atoms with Crippen LogP contribution in [0.3, 0.4) is 0 Å². The van der Waals surface area contributed by atoms with E-state index >= 15 is 0 Å². The van der Waals surface area contributed by atoms with Crippen molar-refractivity contribution in [3.8, 4) is 11.4 Å². The summed E-state index contributed by atoms with van der Waals surface area (Å²) < 4.78 is 11.0. The number of aromatic nitrogens is 7. The average Bonchev–Trinajstić information content (AvgIpc) is 3.80. The van der Waals surface area contributed by atoms with Gasteiger partial charge in [-0.25, -0.2) is 14.6 Å². The fourth-order valence-electron chi connectivity index (χ4n) is 8.38. The molecule has 0 bridgehead atoms. The fraction of sp³-hybridized carbons (Fsp3) is 0.152. The van der Waals surface area contributed by atoms with E-state index in [0.29, 0.717) is 17.3 Å². The molecule has 1 aliphatic heterocycles. The molecule has 0 amide bonds. The number of hydrogen-bond donors (Lipinski definition) is 0. The monoisotopic (exact) mass is 705 g/mol. The van der Waals surface area contributed by atoms with Crippen molar-refractivity contribution in [2.75, 3.05) is 0 Å². The van der Waals surface area contributed by atoms with Crippen molar-refractivity contribution in [3.63, 3.8) is 0 Å². The fourth-order valence-corrected chi connectivity index (χ4v) is 8.38. The minimum Gasteiger partial charge on any atom is -0.457 e. The summed E-state index contributed by atoms with van der Waals surface area (Å²) in [5.41, 5.74) is 10.8. The normalized spacial score (nSPS) is 14.0. The Kier molecular flexibility index (Phi) is 8.03. The van der Waals surface area contributed by atoms with Crippen molar-refractivity contribution >= 4 is 16.9 Å². The second-order valence-corrected chi connectivity index (χ2v) is 13.9. The Morgan fingerprint density at radius 1 is 0.722 bits per heavy atom. The van der Waals surface area contributed by atoms with Crippen LogP contribution in [0.4, 0.5) is 0 Å². The lowest BCUT2D eigenvalue weighted by Gasteiger charge is -2.37. The minimum atomic E-state index is -0.928. The molecule has 4 heterocycles. The van der Waals surface area contributed by atoms with Crippen LogP contribution >= 0.6 is 0 Å². The molecule has 54 heavy (non-hydrogen) atoms. The molecule has 0 aliphatic carbocycles. The molecule has 8 aromatic rings. The zero-order chi connectivity index (χ0) is 37.0. The van der Waals surface area contributed by atoms with E-state index in [4.69, 9.17) is 25.0 Å². The molecule has 0 saturated heterocycles. The van der Waals surface area contributed by atoms with Crippen LogP contribution in [-0.4, -0.2) is 34.7 Å². The molecular formula is C46H39N7O. The Balaban J connectivity index is 1.35. The molecule has 8 heteroatoms. The van der Waals surface area contributed by atoms with Gasteiger partial charge in [-0.3, -0.25) is 4.57 Å². The van der Waals surface area contributed by atoms with Gasteiger partial charge in [0.05, 0.1) is 11.6 Å². The van der Waals surface area contributed by atoms with Crippen molar-refractivity contribution in [3.05, 3.63) is 202 Å². The summed E-state index contributed by atoms with van der Waals surface area (Å²) in [7, 11) is 0. The van der Waals surface area contributed by atoms with Crippen LogP contribution in [0.25, 0.3) is 22.6 Å². The van der Waals surface area contributed by atoms with Crippen LogP contribution < -0.4 is 4.74 Å². The summed E-state index contributed by atoms with van der Waals surface area (Å²) in [5, 5.41) is 14.3. The smallest absolute Gasteiger partial charge is 0.165 e. The summed E-state index contributed by atoms with van der Waals surface area (Å²) in [4.78, 5) is 10.0. The first-order valence-corrected chi connectivity index (χ1v) is 18.3. The first-order chi connectivity index (χ1) is 26.4. The van der Waals surface area contributed by atoms with Gasteiger partial charge in [0.2, 0.25) is 0 Å². The zero-order valence-corrected chi connectivity index (χ0v) is 30.7. The van der Waals surface area contributed by atoms with Crippen LogP contribution in [0.15, 0.2) is 140 Å². The van der Waals surface area contributed by atoms with Crippen molar-refractivity contribution in [1.29, 1.82) is 0 Å². The number of fused-ring (bicyclic) bond motifs is 3. The van der Waals surface area contributed by atoms with E-state index in [2.05, 4.69) is 146 Å². The second-order valence-electron chi connectivity index (χ2n) is 13.9. The van der Waals surface area contributed by atoms with Crippen LogP contribution in [0.5, 0.6) is 5.75 Å². The Hall–Kier alpha value is -6.67. The maximum atomic E-state index is 6.82. The number of pyridine rings is 1. The Morgan fingerprint density at radius 3 is 1.96 bits per heavy atom. The number of benzene rings is 5. The topological polar surface area (TPSA) is 83.5 Å². The summed E-state index contributed by atoms with van der Waals surface area (Å²) in [6.45, 7) is 12.8. The third-order valence-electron chi connectivity index (χ3n) is 10.7. The maximum absolute atomic E-state index is 6.82. The summed E-state index contributed by atoms with van der Waals surface area (Å²) in [5.74, 6) is 2.41. The van der Waals surface area contributed by atoms with Crippen LogP contribution in [-0.2, 0) is 12.0 Å². The zero-order valence-electron chi connectivity index (χ0n) is 30.7. The van der Waals surface area contributed by atoms with Gasteiger partial charge in [-0.05, 0) is 76.7 Å². The summed E-state index contributed by atoms with van der Waals surface area (Å²) >= 11 is 0. The number of rotatable bonds is 7. The van der Waals surface area contributed by atoms with E-state index in [1.54, 1.807) is 0 Å². The quantitative estimate of drug-likeness (QED) is 0.154. The van der Waals surface area contributed by atoms with Crippen LogP contribution in [0.1, 0.15) is 74.7 Å². The van der Waals surface area contributed by atoms with Gasteiger partial charge in [-0.1, -0.05) is 129 Å². The predicted octanol–water partition coefficient (Wildman–Crippen LogP) is 9.28. The molecular weight excluding hydrogens is 667 g/mol. The molecule has 1 aliphatic rings. The van der Waals surface area contributed by atoms with Gasteiger partial charge in [0.1, 0.15) is 28.4 Å². The molecule has 8 nitrogen and oxygen atoms in total. The van der Waals surface area contributed by atoms with Crippen molar-refractivity contribution in [1.82, 2.24) is 34.7 Å². The number of tetrazole rings is 1. The molecule has 9 rings (SSSR count). The van der Waals surface area contributed by atoms with Crippen molar-refractivity contribution in [2.24, 2.45) is 0 Å². The maximum Gasteiger partial charge on any atom is 0.165 e. The molecule has 0 radical (unpaired) electrons. The van der Waals surface area contributed by atoms with Crippen LogP contribution in [0, 0.1) is 20.8 Å². The van der Waals surface area contributed by atoms with E-state index in [0.717, 1.165) is 79.3 Å². The van der Waals surface area contributed by atoms with Gasteiger partial charge < -0.3 is 4.74 Å². The Bertz CT molecular complexity index is 2580. The number of aryl methyl sites for hydroxylation is 4. The molecule has 0 N–H and O–H groups in total. The first kappa shape index (κ1) is 33.2. The second kappa shape index (κ2) is 13.1. The van der Waals surface area contributed by atoms with E-state index in [-0.39, 0.29) is 0 Å². The lowest BCUT2D eigenvalue weighted by molar-refractivity contribution is 0.427. The van der Waals surface area contributed by atoms with Crippen molar-refractivity contribution < 1.29 is 4.74 Å². The largest absolute Gasteiger partial charge is 0.457 e. The lowest BCUT2D eigenvalue weighted by atomic mass is 9.76. The highest BCUT2D eigenvalue weighted by Gasteiger charge is 2.44. The third-order valence-corrected chi connectivity index (χ3v) is 10.7. The number of ether oxygens (including phenoxy) is 1. The molecule has 1 atom stereocenters. The highest BCUT2D eigenvalue weighted by atomic mass is 16.5. The Labute approximate surface area is 314 Å². The molecule has 264 valence electrons. The number of imidazole rings is 1. The van der Waals surface area contributed by atoms with Gasteiger partial charge in [0.15, 0.2) is 11.5 Å². The standard InChI is InChI=1S/C46H39N7O/c1-6-40-48-43-30(3)26-31(4)47-45(43)52(40)36-27-29(2)41-39(28-36)54-32(5)37-24-16-17-25-38(37)42(41)44-49-50-51-53(44)46(33-18-10-7-11-19-33,34-20-12-8-13-21-34)35-22-14-9-15-23-35/h7-28,42H,5-6H2,1-4H3. The highest BCUT2D eigenvalue weighted by molar-refractivity contribution is 5.79. The number of hydrogen-bond acceptors (Lipinski definition) is 6. The molecule has 5 aromatic carbocycles. The van der Waals surface area contributed by atoms with Crippen LogP contribution in [0.2, 0.25) is 0 Å². The third kappa shape index (κ3) is 5.09. The molecule has 3 aromatic heterocycles. The summed E-state index contributed by atoms with van der Waals surface area (Å²) in [6, 6.07) is 46.1. The minimum absolute atomic E-state index is 0.428. The van der Waals surface area contributed by atoms with E-state index in [1.807, 2.05) is 35.9 Å². The predicted molar refractivity (Wildman–Crippen MR) is 212 cm³/mol. The first-order valence-electron chi connectivity index (χ1n) is 18.3. The number of nitrogens with zero attached hydrogens (tertiary/aromatic N) is 7. The van der Waals surface area contributed by atoms with Gasteiger partial charge >= 0.3 is 0 Å². The molecule has 0 spiro atoms. The van der Waals surface area contributed by atoms with Gasteiger partial charge in [-0.2, -0.15) is 0 Å². The Morgan fingerprint density at radius 2 is 1.33 bits per heavy atom. The van der Waals surface area contributed by atoms with E-state index in [9.17, 15) is 0 Å². The molecule has 0 fully saturated rings. The van der Waals surface area contributed by atoms with Crippen molar-refractivity contribution in [2.45, 2.75) is 45.6 Å². The summed E-state index contributed by atoms with van der Waals surface area (Å²) in [6.07, 6.45) is 0.738. The molecule has 0 saturated carbocycles. The van der Waals surface area contributed by atoms with E-state index < -0.39 is 11.5 Å². The van der Waals surface area contributed by atoms with Gasteiger partial charge in [0.25, 0.3) is 0 Å². The molecule has 1 unspecified atom stereocenters. The average molecular weight is 706 g/mol. The SMILES string of the molecule is C=C1Oc2cc(-n3c(CC)nc4c(C)cc(C)nc43)cc(C)c2C(c2nnnn2C(c2ccccc2)(c2ccccc2)c2ccccc2)c2ccccc21. The highest BCUT2D eigenvalue weighted by Crippen LogP contribution is 2.49. The van der Waals surface area contributed by atoms with E-state index in [1.165, 1.54) is 0 Å².